The van der Waals surface area contributed by atoms with Gasteiger partial charge in [0.1, 0.15) is 9.96 Å². The zero-order valence-electron chi connectivity index (χ0n) is 14.7. The van der Waals surface area contributed by atoms with Gasteiger partial charge in [0.15, 0.2) is 5.82 Å². The fraction of sp³-hybridized carbons (Fsp3) is 0.333. The van der Waals surface area contributed by atoms with E-state index in [1.807, 2.05) is 31.2 Å². The highest BCUT2D eigenvalue weighted by Gasteiger charge is 2.40. The van der Waals surface area contributed by atoms with Gasteiger partial charge in [-0.15, -0.1) is 11.3 Å². The van der Waals surface area contributed by atoms with Crippen molar-refractivity contribution < 1.29 is 17.7 Å². The Bertz CT molecular complexity index is 1010. The van der Waals surface area contributed by atoms with Gasteiger partial charge in [-0.2, -0.15) is 9.29 Å². The van der Waals surface area contributed by atoms with Crippen molar-refractivity contribution in [3.63, 3.8) is 0 Å². The minimum absolute atomic E-state index is 0.0568. The van der Waals surface area contributed by atoms with Crippen LogP contribution in [-0.4, -0.2) is 42.6 Å². The number of hydrogen-bond acceptors (Lipinski definition) is 7. The van der Waals surface area contributed by atoms with Crippen molar-refractivity contribution in [2.45, 2.75) is 23.5 Å². The molecule has 0 saturated carbocycles. The van der Waals surface area contributed by atoms with Gasteiger partial charge in [-0.3, -0.25) is 0 Å². The van der Waals surface area contributed by atoms with E-state index in [-0.39, 0.29) is 5.92 Å². The van der Waals surface area contributed by atoms with Gasteiger partial charge in [0.25, 0.3) is 10.0 Å². The number of nitrogens with zero attached hydrogens (tertiary/aromatic N) is 3. The van der Waals surface area contributed by atoms with Crippen molar-refractivity contribution in [3.05, 3.63) is 59.1 Å². The molecule has 1 aliphatic rings. The van der Waals surface area contributed by atoms with Gasteiger partial charge in [-0.05, 0) is 36.1 Å². The highest BCUT2D eigenvalue weighted by Crippen LogP contribution is 2.32. The third kappa shape index (κ3) is 3.90. The van der Waals surface area contributed by atoms with Crippen LogP contribution in [0.5, 0.6) is 5.75 Å². The predicted octanol–water partition coefficient (Wildman–Crippen LogP) is 2.85. The number of benzene rings is 1. The van der Waals surface area contributed by atoms with E-state index in [9.17, 15) is 8.42 Å². The molecule has 0 bridgehead atoms. The molecule has 0 radical (unpaired) electrons. The molecule has 0 aliphatic carbocycles. The third-order valence-electron chi connectivity index (χ3n) is 4.35. The Balaban J connectivity index is 1.29. The molecule has 1 saturated heterocycles. The van der Waals surface area contributed by atoms with Crippen LogP contribution in [0.15, 0.2) is 50.5 Å². The Morgan fingerprint density at radius 1 is 1.30 bits per heavy atom. The number of ether oxygens (including phenoxy) is 1. The summed E-state index contributed by atoms with van der Waals surface area (Å²) in [6, 6.07) is 11.2. The van der Waals surface area contributed by atoms with Crippen molar-refractivity contribution >= 4 is 21.4 Å². The van der Waals surface area contributed by atoms with Gasteiger partial charge in [0.05, 0.1) is 12.5 Å². The molecular formula is C18H19N3O4S2. The Morgan fingerprint density at radius 2 is 2.15 bits per heavy atom. The Morgan fingerprint density at radius 3 is 2.89 bits per heavy atom. The Labute approximate surface area is 161 Å². The van der Waals surface area contributed by atoms with Crippen LogP contribution in [0.3, 0.4) is 0 Å². The van der Waals surface area contributed by atoms with Gasteiger partial charge in [-0.25, -0.2) is 8.42 Å². The number of thiophene rings is 1. The SMILES string of the molecule is Cc1cccc(OCCc2noc(C3CN(S(=O)(=O)c4cccs4)C3)n2)c1. The fourth-order valence-electron chi connectivity index (χ4n) is 2.83. The summed E-state index contributed by atoms with van der Waals surface area (Å²) in [6.07, 6.45) is 0.529. The van der Waals surface area contributed by atoms with E-state index in [1.54, 1.807) is 17.5 Å². The maximum absolute atomic E-state index is 12.4. The zero-order chi connectivity index (χ0) is 18.9. The number of sulfonamides is 1. The average molecular weight is 406 g/mol. The van der Waals surface area contributed by atoms with Crippen LogP contribution < -0.4 is 4.74 Å². The summed E-state index contributed by atoms with van der Waals surface area (Å²) in [6.45, 7) is 3.19. The molecule has 4 rings (SSSR count). The third-order valence-corrected chi connectivity index (χ3v) is 7.56. The number of aryl methyl sites for hydroxylation is 1. The molecule has 0 N–H and O–H groups in total. The summed E-state index contributed by atoms with van der Waals surface area (Å²) in [5.74, 6) is 1.81. The number of hydrogen-bond donors (Lipinski definition) is 0. The molecule has 27 heavy (non-hydrogen) atoms. The quantitative estimate of drug-likeness (QED) is 0.601. The van der Waals surface area contributed by atoms with Crippen LogP contribution >= 0.6 is 11.3 Å². The maximum Gasteiger partial charge on any atom is 0.252 e. The first-order valence-electron chi connectivity index (χ1n) is 8.58. The monoisotopic (exact) mass is 405 g/mol. The maximum atomic E-state index is 12.4. The van der Waals surface area contributed by atoms with E-state index >= 15 is 0 Å². The summed E-state index contributed by atoms with van der Waals surface area (Å²) in [4.78, 5) is 4.38. The van der Waals surface area contributed by atoms with Crippen molar-refractivity contribution in [1.29, 1.82) is 0 Å². The van der Waals surface area contributed by atoms with Crippen LogP contribution in [0.4, 0.5) is 0 Å². The van der Waals surface area contributed by atoms with Crippen LogP contribution in [0, 0.1) is 6.92 Å². The van der Waals surface area contributed by atoms with Gasteiger partial charge < -0.3 is 9.26 Å². The molecule has 1 aromatic carbocycles. The van der Waals surface area contributed by atoms with E-state index in [2.05, 4.69) is 10.1 Å². The molecule has 1 aliphatic heterocycles. The minimum Gasteiger partial charge on any atom is -0.493 e. The van der Waals surface area contributed by atoms with Crippen LogP contribution in [-0.2, 0) is 16.4 Å². The predicted molar refractivity (Wildman–Crippen MR) is 100 cm³/mol. The van der Waals surface area contributed by atoms with E-state index < -0.39 is 10.0 Å². The lowest BCUT2D eigenvalue weighted by atomic mass is 10.0. The molecule has 0 amide bonds. The normalized spacial score (nSPS) is 15.6. The molecular weight excluding hydrogens is 386 g/mol. The number of aromatic nitrogens is 2. The second-order valence-electron chi connectivity index (χ2n) is 6.41. The second-order valence-corrected chi connectivity index (χ2v) is 9.53. The van der Waals surface area contributed by atoms with Gasteiger partial charge in [-0.1, -0.05) is 23.4 Å². The van der Waals surface area contributed by atoms with Crippen molar-refractivity contribution in [2.75, 3.05) is 19.7 Å². The minimum atomic E-state index is -3.40. The molecule has 3 heterocycles. The average Bonchev–Trinajstić information content (AvgIpc) is 3.25. The molecule has 0 atom stereocenters. The first kappa shape index (κ1) is 18.1. The zero-order valence-corrected chi connectivity index (χ0v) is 16.4. The van der Waals surface area contributed by atoms with Crippen LogP contribution in [0.2, 0.25) is 0 Å². The highest BCUT2D eigenvalue weighted by atomic mass is 32.2. The first-order chi connectivity index (χ1) is 13.0. The molecule has 1 fully saturated rings. The first-order valence-corrected chi connectivity index (χ1v) is 10.9. The van der Waals surface area contributed by atoms with Crippen LogP contribution in [0.25, 0.3) is 0 Å². The summed E-state index contributed by atoms with van der Waals surface area (Å²) < 4.78 is 37.6. The lowest BCUT2D eigenvalue weighted by Gasteiger charge is -2.35. The molecule has 3 aromatic rings. The Hall–Kier alpha value is -2.23. The van der Waals surface area contributed by atoms with Crippen molar-refractivity contribution in [2.24, 2.45) is 0 Å². The van der Waals surface area contributed by atoms with Gasteiger partial charge in [0, 0.05) is 19.5 Å². The summed E-state index contributed by atoms with van der Waals surface area (Å²) in [5, 5.41) is 5.73. The van der Waals surface area contributed by atoms with E-state index in [4.69, 9.17) is 9.26 Å². The summed E-state index contributed by atoms with van der Waals surface area (Å²) >= 11 is 1.22. The van der Waals surface area contributed by atoms with Crippen molar-refractivity contribution in [3.8, 4) is 5.75 Å². The molecule has 0 unspecified atom stereocenters. The summed E-state index contributed by atoms with van der Waals surface area (Å²) in [5.41, 5.74) is 1.14. The molecule has 142 valence electrons. The lowest BCUT2D eigenvalue weighted by molar-refractivity contribution is 0.216. The van der Waals surface area contributed by atoms with Crippen LogP contribution in [0.1, 0.15) is 23.2 Å². The molecule has 9 heteroatoms. The van der Waals surface area contributed by atoms with E-state index in [0.717, 1.165) is 11.3 Å². The smallest absolute Gasteiger partial charge is 0.252 e. The molecule has 2 aromatic heterocycles. The fourth-order valence-corrected chi connectivity index (χ4v) is 5.50. The topological polar surface area (TPSA) is 85.5 Å². The molecule has 0 spiro atoms. The largest absolute Gasteiger partial charge is 0.493 e. The molecule has 7 nitrogen and oxygen atoms in total. The second kappa shape index (κ2) is 7.41. The van der Waals surface area contributed by atoms with E-state index in [1.165, 1.54) is 15.6 Å². The summed E-state index contributed by atoms with van der Waals surface area (Å²) in [7, 11) is -3.40. The van der Waals surface area contributed by atoms with Crippen molar-refractivity contribution in [1.82, 2.24) is 14.4 Å². The number of rotatable bonds is 7. The highest BCUT2D eigenvalue weighted by molar-refractivity contribution is 7.91. The van der Waals surface area contributed by atoms with E-state index in [0.29, 0.717) is 42.0 Å². The van der Waals surface area contributed by atoms with Gasteiger partial charge >= 0.3 is 0 Å². The van der Waals surface area contributed by atoms with Gasteiger partial charge in [0.2, 0.25) is 5.89 Å². The standard InChI is InChI=1S/C18H19N3O4S2/c1-13-4-2-5-15(10-13)24-8-7-16-19-18(25-20-16)14-11-21(12-14)27(22,23)17-6-3-9-26-17/h2-6,9-10,14H,7-8,11-12H2,1H3. The lowest BCUT2D eigenvalue weighted by Crippen LogP contribution is -2.48. The Kier molecular flexibility index (Phi) is 4.98.